The molecule has 138 valence electrons. The molecular formula is C20H29NO4. The van der Waals surface area contributed by atoms with Crippen molar-refractivity contribution in [3.63, 3.8) is 0 Å². The number of aliphatic carboxylic acids is 1. The van der Waals surface area contributed by atoms with Crippen LogP contribution in [0.5, 0.6) is 5.75 Å². The zero-order valence-electron chi connectivity index (χ0n) is 15.8. The summed E-state index contributed by atoms with van der Waals surface area (Å²) >= 11 is 0. The Labute approximate surface area is 150 Å². The van der Waals surface area contributed by atoms with Gasteiger partial charge in [-0.05, 0) is 43.4 Å². The third kappa shape index (κ3) is 4.33. The highest BCUT2D eigenvalue weighted by molar-refractivity contribution is 5.88. The quantitative estimate of drug-likeness (QED) is 0.858. The predicted octanol–water partition coefficient (Wildman–Crippen LogP) is 3.18. The topological polar surface area (TPSA) is 66.8 Å². The number of amides is 1. The maximum absolute atomic E-state index is 13.0. The van der Waals surface area contributed by atoms with Gasteiger partial charge in [-0.3, -0.25) is 9.59 Å². The first-order valence-electron chi connectivity index (χ1n) is 8.88. The SMILES string of the molecule is CC(C)COc1ccc(C(C)(C)C(=O)N2C[C@@H](C)[C@H](C(=O)O)C2)cc1. The van der Waals surface area contributed by atoms with Crippen LogP contribution in [-0.4, -0.2) is 41.6 Å². The predicted molar refractivity (Wildman–Crippen MR) is 96.7 cm³/mol. The molecule has 1 heterocycles. The van der Waals surface area contributed by atoms with Crippen molar-refractivity contribution in [3.05, 3.63) is 29.8 Å². The normalized spacial score (nSPS) is 20.8. The number of ether oxygens (including phenoxy) is 1. The molecule has 1 aliphatic heterocycles. The molecule has 2 rings (SSSR count). The number of nitrogens with zero attached hydrogens (tertiary/aromatic N) is 1. The van der Waals surface area contributed by atoms with E-state index in [-0.39, 0.29) is 18.4 Å². The number of rotatable bonds is 6. The number of carbonyl (C=O) groups is 2. The number of carbonyl (C=O) groups excluding carboxylic acids is 1. The second kappa shape index (κ2) is 7.46. The molecule has 1 N–H and O–H groups in total. The number of carboxylic acids is 1. The Bertz CT molecular complexity index is 621. The molecule has 0 aliphatic carbocycles. The minimum Gasteiger partial charge on any atom is -0.493 e. The molecule has 0 unspecified atom stereocenters. The molecule has 5 nitrogen and oxygen atoms in total. The van der Waals surface area contributed by atoms with Crippen LogP contribution in [-0.2, 0) is 15.0 Å². The highest BCUT2D eigenvalue weighted by Gasteiger charge is 2.42. The minimum absolute atomic E-state index is 0.0240. The van der Waals surface area contributed by atoms with Gasteiger partial charge in [-0.15, -0.1) is 0 Å². The average Bonchev–Trinajstić information content (AvgIpc) is 2.94. The standard InChI is InChI=1S/C20H29NO4/c1-13(2)12-25-16-8-6-15(7-9-16)20(4,5)19(24)21-10-14(3)17(11-21)18(22)23/h6-9,13-14,17H,10-12H2,1-5H3,(H,22,23)/t14-,17-/m1/s1. The van der Waals surface area contributed by atoms with E-state index in [2.05, 4.69) is 13.8 Å². The maximum atomic E-state index is 13.0. The number of benzene rings is 1. The first kappa shape index (κ1) is 19.3. The highest BCUT2D eigenvalue weighted by atomic mass is 16.5. The van der Waals surface area contributed by atoms with E-state index in [1.165, 1.54) is 0 Å². The molecular weight excluding hydrogens is 318 g/mol. The summed E-state index contributed by atoms with van der Waals surface area (Å²) in [7, 11) is 0. The van der Waals surface area contributed by atoms with Gasteiger partial charge in [0.1, 0.15) is 5.75 Å². The molecule has 1 fully saturated rings. The monoisotopic (exact) mass is 347 g/mol. The van der Waals surface area contributed by atoms with Crippen LogP contribution in [0.2, 0.25) is 0 Å². The van der Waals surface area contributed by atoms with Crippen LogP contribution in [0.15, 0.2) is 24.3 Å². The molecule has 1 saturated heterocycles. The molecule has 1 aliphatic rings. The molecule has 2 atom stereocenters. The maximum Gasteiger partial charge on any atom is 0.308 e. The van der Waals surface area contributed by atoms with Crippen LogP contribution in [0.3, 0.4) is 0 Å². The summed E-state index contributed by atoms with van der Waals surface area (Å²) in [6, 6.07) is 7.61. The van der Waals surface area contributed by atoms with Crippen molar-refractivity contribution in [1.29, 1.82) is 0 Å². The Morgan fingerprint density at radius 2 is 1.84 bits per heavy atom. The van der Waals surface area contributed by atoms with Gasteiger partial charge in [0.25, 0.3) is 0 Å². The second-order valence-electron chi connectivity index (χ2n) is 7.99. The summed E-state index contributed by atoms with van der Waals surface area (Å²) in [4.78, 5) is 26.0. The van der Waals surface area contributed by atoms with Crippen LogP contribution < -0.4 is 4.74 Å². The van der Waals surface area contributed by atoms with E-state index in [0.717, 1.165) is 11.3 Å². The summed E-state index contributed by atoms with van der Waals surface area (Å²) in [5, 5.41) is 9.27. The first-order valence-corrected chi connectivity index (χ1v) is 8.88. The Kier molecular flexibility index (Phi) is 5.76. The molecule has 0 bridgehead atoms. The fourth-order valence-corrected chi connectivity index (χ4v) is 3.20. The van der Waals surface area contributed by atoms with Crippen molar-refractivity contribution >= 4 is 11.9 Å². The van der Waals surface area contributed by atoms with Crippen LogP contribution >= 0.6 is 0 Å². The fourth-order valence-electron chi connectivity index (χ4n) is 3.20. The summed E-state index contributed by atoms with van der Waals surface area (Å²) in [6.07, 6.45) is 0. The Balaban J connectivity index is 2.09. The molecule has 1 aromatic rings. The number of likely N-dealkylation sites (tertiary alicyclic amines) is 1. The average molecular weight is 347 g/mol. The van der Waals surface area contributed by atoms with Gasteiger partial charge in [0.2, 0.25) is 5.91 Å². The van der Waals surface area contributed by atoms with E-state index < -0.39 is 17.3 Å². The number of hydrogen-bond donors (Lipinski definition) is 1. The molecule has 0 spiro atoms. The summed E-state index contributed by atoms with van der Waals surface area (Å²) < 4.78 is 5.69. The lowest BCUT2D eigenvalue weighted by molar-refractivity contribution is -0.142. The lowest BCUT2D eigenvalue weighted by Crippen LogP contribution is -2.42. The van der Waals surface area contributed by atoms with Gasteiger partial charge in [0.15, 0.2) is 0 Å². The van der Waals surface area contributed by atoms with E-state index in [1.807, 2.05) is 45.0 Å². The van der Waals surface area contributed by atoms with Gasteiger partial charge in [-0.2, -0.15) is 0 Å². The molecule has 1 amide bonds. The second-order valence-corrected chi connectivity index (χ2v) is 7.99. The van der Waals surface area contributed by atoms with Crippen LogP contribution in [0.4, 0.5) is 0 Å². The van der Waals surface area contributed by atoms with E-state index in [9.17, 15) is 14.7 Å². The van der Waals surface area contributed by atoms with E-state index >= 15 is 0 Å². The third-order valence-corrected chi connectivity index (χ3v) is 4.91. The van der Waals surface area contributed by atoms with Crippen molar-refractivity contribution in [3.8, 4) is 5.75 Å². The van der Waals surface area contributed by atoms with E-state index in [4.69, 9.17) is 4.74 Å². The lowest BCUT2D eigenvalue weighted by Gasteiger charge is -2.30. The van der Waals surface area contributed by atoms with Gasteiger partial charge in [-0.25, -0.2) is 0 Å². The molecule has 1 aromatic carbocycles. The summed E-state index contributed by atoms with van der Waals surface area (Å²) in [5.74, 6) is -0.111. The van der Waals surface area contributed by atoms with Gasteiger partial charge < -0.3 is 14.7 Å². The lowest BCUT2D eigenvalue weighted by atomic mass is 9.83. The van der Waals surface area contributed by atoms with E-state index in [1.54, 1.807) is 4.90 Å². The van der Waals surface area contributed by atoms with E-state index in [0.29, 0.717) is 19.1 Å². The zero-order valence-corrected chi connectivity index (χ0v) is 15.8. The Morgan fingerprint density at radius 3 is 2.32 bits per heavy atom. The van der Waals surface area contributed by atoms with Crippen LogP contribution in [0, 0.1) is 17.8 Å². The van der Waals surface area contributed by atoms with Crippen molar-refractivity contribution in [2.75, 3.05) is 19.7 Å². The first-order chi connectivity index (χ1) is 11.6. The largest absolute Gasteiger partial charge is 0.493 e. The Morgan fingerprint density at radius 1 is 1.24 bits per heavy atom. The molecule has 0 aromatic heterocycles. The van der Waals surface area contributed by atoms with Gasteiger partial charge in [-0.1, -0.05) is 32.9 Å². The number of hydrogen-bond acceptors (Lipinski definition) is 3. The van der Waals surface area contributed by atoms with Crippen molar-refractivity contribution in [1.82, 2.24) is 4.90 Å². The molecule has 5 heteroatoms. The minimum atomic E-state index is -0.827. The molecule has 25 heavy (non-hydrogen) atoms. The van der Waals surface area contributed by atoms with Crippen LogP contribution in [0.25, 0.3) is 0 Å². The van der Waals surface area contributed by atoms with Gasteiger partial charge >= 0.3 is 5.97 Å². The highest BCUT2D eigenvalue weighted by Crippen LogP contribution is 2.31. The molecule has 0 radical (unpaired) electrons. The number of carboxylic acid groups (broad SMARTS) is 1. The van der Waals surface area contributed by atoms with Crippen molar-refractivity contribution in [2.24, 2.45) is 17.8 Å². The van der Waals surface area contributed by atoms with Gasteiger partial charge in [0, 0.05) is 13.1 Å². The smallest absolute Gasteiger partial charge is 0.308 e. The zero-order chi connectivity index (χ0) is 18.8. The van der Waals surface area contributed by atoms with Crippen LogP contribution in [0.1, 0.15) is 40.2 Å². The summed E-state index contributed by atoms with van der Waals surface area (Å²) in [5.41, 5.74) is 0.199. The molecule has 0 saturated carbocycles. The van der Waals surface area contributed by atoms with Gasteiger partial charge in [0.05, 0.1) is 17.9 Å². The summed E-state index contributed by atoms with van der Waals surface area (Å²) in [6.45, 7) is 11.3. The van der Waals surface area contributed by atoms with Crippen molar-refractivity contribution in [2.45, 2.75) is 40.0 Å². The third-order valence-electron chi connectivity index (χ3n) is 4.91. The van der Waals surface area contributed by atoms with Crippen molar-refractivity contribution < 1.29 is 19.4 Å². The fraction of sp³-hybridized carbons (Fsp3) is 0.600. The Hall–Kier alpha value is -2.04.